The number of aromatic nitrogens is 3. The van der Waals surface area contributed by atoms with Gasteiger partial charge in [0.05, 0.1) is 25.3 Å². The molecule has 0 fully saturated rings. The van der Waals surface area contributed by atoms with Crippen LogP contribution in [0.2, 0.25) is 0 Å². The summed E-state index contributed by atoms with van der Waals surface area (Å²) in [5, 5.41) is 15.1. The quantitative estimate of drug-likeness (QED) is 0.441. The fourth-order valence-corrected chi connectivity index (χ4v) is 4.15. The van der Waals surface area contributed by atoms with Crippen molar-refractivity contribution in [2.24, 2.45) is 0 Å². The molecule has 0 spiro atoms. The van der Waals surface area contributed by atoms with Gasteiger partial charge in [-0.3, -0.25) is 9.59 Å². The van der Waals surface area contributed by atoms with E-state index in [4.69, 9.17) is 4.74 Å². The Morgan fingerprint density at radius 3 is 2.48 bits per heavy atom. The molecule has 2 aromatic carbocycles. The van der Waals surface area contributed by atoms with E-state index in [9.17, 15) is 9.59 Å². The van der Waals surface area contributed by atoms with E-state index in [1.54, 1.807) is 7.11 Å². The molecule has 1 unspecified atom stereocenters. The molecule has 0 saturated carbocycles. The average molecular weight is 468 g/mol. The summed E-state index contributed by atoms with van der Waals surface area (Å²) in [5.74, 6) is 1.40. The number of nitrogens with zero attached hydrogens (tertiary/aromatic N) is 3. The molecule has 0 aliphatic carbocycles. The molecule has 0 radical (unpaired) electrons. The maximum atomic E-state index is 12.5. The van der Waals surface area contributed by atoms with E-state index >= 15 is 0 Å². The number of rotatable bonds is 10. The smallest absolute Gasteiger partial charge is 0.234 e. The standard InChI is InChI=1S/C24H29N5O3S/c1-5-29-23(17(3)25-21(30)14-18-10-12-19(32-4)13-11-18)27-28-24(29)33-15-22(31)26-20-9-7-6-8-16(20)2/h6-13,17H,5,14-15H2,1-4H3,(H,25,30)(H,26,31). The number of benzene rings is 2. The monoisotopic (exact) mass is 467 g/mol. The Morgan fingerprint density at radius 1 is 1.09 bits per heavy atom. The Balaban J connectivity index is 1.57. The first kappa shape index (κ1) is 24.3. The van der Waals surface area contributed by atoms with Crippen LogP contribution in [-0.4, -0.2) is 39.4 Å². The highest BCUT2D eigenvalue weighted by Gasteiger charge is 2.20. The second kappa shape index (κ2) is 11.5. The first-order valence-corrected chi connectivity index (χ1v) is 11.7. The van der Waals surface area contributed by atoms with Crippen molar-refractivity contribution in [3.8, 4) is 5.75 Å². The van der Waals surface area contributed by atoms with Gasteiger partial charge in [-0.05, 0) is 50.1 Å². The van der Waals surface area contributed by atoms with E-state index < -0.39 is 0 Å². The summed E-state index contributed by atoms with van der Waals surface area (Å²) >= 11 is 1.32. The lowest BCUT2D eigenvalue weighted by molar-refractivity contribution is -0.121. The van der Waals surface area contributed by atoms with Gasteiger partial charge in [-0.1, -0.05) is 42.1 Å². The second-order valence-electron chi connectivity index (χ2n) is 7.55. The number of amides is 2. The SMILES string of the molecule is CCn1c(SCC(=O)Nc2ccccc2C)nnc1C(C)NC(=O)Cc1ccc(OC)cc1. The van der Waals surface area contributed by atoms with Crippen molar-refractivity contribution in [3.63, 3.8) is 0 Å². The van der Waals surface area contributed by atoms with Crippen molar-refractivity contribution < 1.29 is 14.3 Å². The number of aryl methyl sites for hydroxylation is 1. The number of methoxy groups -OCH3 is 1. The highest BCUT2D eigenvalue weighted by atomic mass is 32.2. The number of nitrogens with one attached hydrogen (secondary N) is 2. The van der Waals surface area contributed by atoms with Gasteiger partial charge in [0, 0.05) is 12.2 Å². The topological polar surface area (TPSA) is 98.1 Å². The summed E-state index contributed by atoms with van der Waals surface area (Å²) in [6, 6.07) is 14.7. The zero-order valence-corrected chi connectivity index (χ0v) is 20.1. The molecule has 0 bridgehead atoms. The largest absolute Gasteiger partial charge is 0.497 e. The number of carbonyl (C=O) groups excluding carboxylic acids is 2. The predicted octanol–water partition coefficient (Wildman–Crippen LogP) is 3.77. The first-order valence-electron chi connectivity index (χ1n) is 10.7. The maximum absolute atomic E-state index is 12.5. The second-order valence-corrected chi connectivity index (χ2v) is 8.49. The average Bonchev–Trinajstić information content (AvgIpc) is 3.23. The zero-order valence-electron chi connectivity index (χ0n) is 19.3. The zero-order chi connectivity index (χ0) is 23.8. The van der Waals surface area contributed by atoms with Gasteiger partial charge in [0.2, 0.25) is 11.8 Å². The van der Waals surface area contributed by atoms with Crippen molar-refractivity contribution in [1.29, 1.82) is 0 Å². The van der Waals surface area contributed by atoms with Crippen LogP contribution in [-0.2, 0) is 22.6 Å². The molecular formula is C24H29N5O3S. The minimum absolute atomic E-state index is 0.106. The maximum Gasteiger partial charge on any atom is 0.234 e. The number of para-hydroxylation sites is 1. The molecule has 2 amide bonds. The van der Waals surface area contributed by atoms with Crippen LogP contribution in [0.5, 0.6) is 5.75 Å². The molecule has 3 rings (SSSR count). The summed E-state index contributed by atoms with van der Waals surface area (Å²) < 4.78 is 7.07. The van der Waals surface area contributed by atoms with Gasteiger partial charge in [0.15, 0.2) is 11.0 Å². The summed E-state index contributed by atoms with van der Waals surface area (Å²) in [4.78, 5) is 24.9. The van der Waals surface area contributed by atoms with Crippen LogP contribution in [0.3, 0.4) is 0 Å². The minimum Gasteiger partial charge on any atom is -0.497 e. The number of thioether (sulfide) groups is 1. The number of anilines is 1. The van der Waals surface area contributed by atoms with Crippen LogP contribution in [0.25, 0.3) is 0 Å². The molecule has 1 heterocycles. The summed E-state index contributed by atoms with van der Waals surface area (Å²) in [6.07, 6.45) is 0.259. The van der Waals surface area contributed by atoms with Crippen molar-refractivity contribution in [2.45, 2.75) is 44.9 Å². The van der Waals surface area contributed by atoms with Gasteiger partial charge < -0.3 is 19.9 Å². The van der Waals surface area contributed by atoms with E-state index in [0.29, 0.717) is 17.5 Å². The van der Waals surface area contributed by atoms with Crippen LogP contribution in [0.1, 0.15) is 36.8 Å². The fraction of sp³-hybridized carbons (Fsp3) is 0.333. The molecule has 0 aliphatic rings. The molecule has 8 nitrogen and oxygen atoms in total. The van der Waals surface area contributed by atoms with E-state index in [-0.39, 0.29) is 30.0 Å². The normalized spacial score (nSPS) is 11.6. The van der Waals surface area contributed by atoms with Crippen molar-refractivity contribution in [2.75, 3.05) is 18.2 Å². The predicted molar refractivity (Wildman–Crippen MR) is 129 cm³/mol. The van der Waals surface area contributed by atoms with Crippen LogP contribution in [0.4, 0.5) is 5.69 Å². The molecular weight excluding hydrogens is 438 g/mol. The Kier molecular flexibility index (Phi) is 8.48. The van der Waals surface area contributed by atoms with Gasteiger partial charge in [0.1, 0.15) is 5.75 Å². The third kappa shape index (κ3) is 6.58. The van der Waals surface area contributed by atoms with Gasteiger partial charge in [-0.2, -0.15) is 0 Å². The van der Waals surface area contributed by atoms with Crippen LogP contribution >= 0.6 is 11.8 Å². The molecule has 2 N–H and O–H groups in total. The number of hydrogen-bond donors (Lipinski definition) is 2. The number of hydrogen-bond acceptors (Lipinski definition) is 6. The molecule has 3 aromatic rings. The number of ether oxygens (including phenoxy) is 1. The summed E-state index contributed by atoms with van der Waals surface area (Å²) in [7, 11) is 1.61. The van der Waals surface area contributed by atoms with E-state index in [1.165, 1.54) is 11.8 Å². The molecule has 0 aliphatic heterocycles. The van der Waals surface area contributed by atoms with Crippen LogP contribution in [0, 0.1) is 6.92 Å². The number of carbonyl (C=O) groups is 2. The Morgan fingerprint density at radius 2 is 1.82 bits per heavy atom. The third-order valence-corrected chi connectivity index (χ3v) is 6.07. The van der Waals surface area contributed by atoms with E-state index in [0.717, 1.165) is 22.6 Å². The lowest BCUT2D eigenvalue weighted by atomic mass is 10.1. The molecule has 1 aromatic heterocycles. The van der Waals surface area contributed by atoms with E-state index in [1.807, 2.05) is 73.9 Å². The minimum atomic E-state index is -0.321. The van der Waals surface area contributed by atoms with E-state index in [2.05, 4.69) is 20.8 Å². The Hall–Kier alpha value is -3.33. The highest BCUT2D eigenvalue weighted by Crippen LogP contribution is 2.22. The molecule has 174 valence electrons. The molecule has 0 saturated heterocycles. The van der Waals surface area contributed by atoms with Crippen LogP contribution in [0.15, 0.2) is 53.7 Å². The molecule has 1 atom stereocenters. The molecule has 33 heavy (non-hydrogen) atoms. The molecule has 9 heteroatoms. The van der Waals surface area contributed by atoms with Gasteiger partial charge in [-0.15, -0.1) is 10.2 Å². The van der Waals surface area contributed by atoms with Gasteiger partial charge in [-0.25, -0.2) is 0 Å². The van der Waals surface area contributed by atoms with Crippen molar-refractivity contribution in [1.82, 2.24) is 20.1 Å². The Labute approximate surface area is 198 Å². The summed E-state index contributed by atoms with van der Waals surface area (Å²) in [6.45, 7) is 6.44. The fourth-order valence-electron chi connectivity index (χ4n) is 3.34. The Bertz CT molecular complexity index is 1100. The van der Waals surface area contributed by atoms with Crippen LogP contribution < -0.4 is 15.4 Å². The third-order valence-electron chi connectivity index (χ3n) is 5.10. The summed E-state index contributed by atoms with van der Waals surface area (Å²) in [5.41, 5.74) is 2.70. The van der Waals surface area contributed by atoms with Crippen molar-refractivity contribution >= 4 is 29.3 Å². The van der Waals surface area contributed by atoms with Gasteiger partial charge >= 0.3 is 0 Å². The highest BCUT2D eigenvalue weighted by molar-refractivity contribution is 7.99. The lowest BCUT2D eigenvalue weighted by Gasteiger charge is -2.15. The first-order chi connectivity index (χ1) is 15.9. The van der Waals surface area contributed by atoms with Gasteiger partial charge in [0.25, 0.3) is 0 Å². The van der Waals surface area contributed by atoms with Crippen molar-refractivity contribution in [3.05, 3.63) is 65.5 Å². The lowest BCUT2D eigenvalue weighted by Crippen LogP contribution is -2.30.